The van der Waals surface area contributed by atoms with Crippen LogP contribution >= 0.6 is 11.3 Å². The minimum Gasteiger partial charge on any atom is -0.469 e. The molecule has 0 radical (unpaired) electrons. The molecule has 2 aromatic rings. The summed E-state index contributed by atoms with van der Waals surface area (Å²) in [5.41, 5.74) is 1.00. The van der Waals surface area contributed by atoms with Crippen LogP contribution in [0.1, 0.15) is 29.8 Å². The van der Waals surface area contributed by atoms with Crippen LogP contribution in [0, 0.1) is 11.7 Å². The number of carbonyl (C=O) groups is 1. The van der Waals surface area contributed by atoms with Gasteiger partial charge in [-0.25, -0.2) is 4.39 Å². The van der Waals surface area contributed by atoms with Crippen LogP contribution in [0.25, 0.3) is 0 Å². The second-order valence-corrected chi connectivity index (χ2v) is 6.74. The smallest absolute Gasteiger partial charge is 0.308 e. The van der Waals surface area contributed by atoms with Gasteiger partial charge in [-0.1, -0.05) is 23.5 Å². The van der Waals surface area contributed by atoms with Crippen molar-refractivity contribution in [1.82, 2.24) is 10.2 Å². The summed E-state index contributed by atoms with van der Waals surface area (Å²) in [6.45, 7) is 0. The lowest BCUT2D eigenvalue weighted by atomic mass is 10.1. The molecule has 7 heteroatoms. The maximum absolute atomic E-state index is 12.9. The summed E-state index contributed by atoms with van der Waals surface area (Å²) < 4.78 is 17.7. The van der Waals surface area contributed by atoms with Crippen molar-refractivity contribution in [3.8, 4) is 0 Å². The summed E-state index contributed by atoms with van der Waals surface area (Å²) in [6.07, 6.45) is 3.16. The first kappa shape index (κ1) is 15.9. The van der Waals surface area contributed by atoms with Crippen LogP contribution in [0.3, 0.4) is 0 Å². The number of rotatable bonds is 5. The molecular weight excluding hydrogens is 317 g/mol. The molecule has 5 nitrogen and oxygen atoms in total. The summed E-state index contributed by atoms with van der Waals surface area (Å²) in [4.78, 5) is 11.5. The van der Waals surface area contributed by atoms with Crippen LogP contribution < -0.4 is 5.32 Å². The first-order chi connectivity index (χ1) is 11.1. The van der Waals surface area contributed by atoms with Crippen LogP contribution in [0.4, 0.5) is 9.52 Å². The standard InChI is InChI=1S/C16H18FN3O2S/c1-22-15(21)11-4-7-13(9-11)18-16-20-19-14(23-16)8-10-2-5-12(17)6-3-10/h2-3,5-6,11,13H,4,7-9H2,1H3,(H,18,20)/t11-,13+/m0/s1. The molecule has 1 saturated carbocycles. The average Bonchev–Trinajstić information content (AvgIpc) is 3.19. The fourth-order valence-corrected chi connectivity index (χ4v) is 3.68. The first-order valence-corrected chi connectivity index (χ1v) is 8.37. The van der Waals surface area contributed by atoms with E-state index in [9.17, 15) is 9.18 Å². The number of esters is 1. The molecule has 0 spiro atoms. The van der Waals surface area contributed by atoms with E-state index in [0.29, 0.717) is 6.42 Å². The highest BCUT2D eigenvalue weighted by atomic mass is 32.1. The Morgan fingerprint density at radius 3 is 2.87 bits per heavy atom. The Hall–Kier alpha value is -2.02. The lowest BCUT2D eigenvalue weighted by Crippen LogP contribution is -2.18. The number of carbonyl (C=O) groups excluding carboxylic acids is 1. The zero-order valence-electron chi connectivity index (χ0n) is 12.8. The number of methoxy groups -OCH3 is 1. The highest BCUT2D eigenvalue weighted by Gasteiger charge is 2.31. The summed E-state index contributed by atoms with van der Waals surface area (Å²) in [5.74, 6) is -0.401. The minimum atomic E-state index is -0.241. The van der Waals surface area contributed by atoms with Gasteiger partial charge in [-0.15, -0.1) is 10.2 Å². The summed E-state index contributed by atoms with van der Waals surface area (Å²) in [5, 5.41) is 13.3. The Labute approximate surface area is 137 Å². The lowest BCUT2D eigenvalue weighted by molar-refractivity contribution is -0.145. The van der Waals surface area contributed by atoms with Crippen LogP contribution in [0.2, 0.25) is 0 Å². The van der Waals surface area contributed by atoms with E-state index >= 15 is 0 Å². The fourth-order valence-electron chi connectivity index (χ4n) is 2.83. The summed E-state index contributed by atoms with van der Waals surface area (Å²) in [7, 11) is 1.43. The van der Waals surface area contributed by atoms with Crippen LogP contribution in [-0.2, 0) is 16.0 Å². The average molecular weight is 335 g/mol. The highest BCUT2D eigenvalue weighted by Crippen LogP contribution is 2.30. The fraction of sp³-hybridized carbons (Fsp3) is 0.438. The van der Waals surface area contributed by atoms with E-state index in [1.54, 1.807) is 12.1 Å². The molecule has 1 aliphatic carbocycles. The molecule has 1 aromatic heterocycles. The Morgan fingerprint density at radius 2 is 2.13 bits per heavy atom. The van der Waals surface area contributed by atoms with Gasteiger partial charge >= 0.3 is 5.97 Å². The molecule has 0 amide bonds. The van der Waals surface area contributed by atoms with Crippen molar-refractivity contribution >= 4 is 22.4 Å². The molecule has 0 unspecified atom stereocenters. The second-order valence-electron chi connectivity index (χ2n) is 5.68. The molecular formula is C16H18FN3O2S. The highest BCUT2D eigenvalue weighted by molar-refractivity contribution is 7.15. The van der Waals surface area contributed by atoms with Gasteiger partial charge in [0, 0.05) is 12.5 Å². The summed E-state index contributed by atoms with van der Waals surface area (Å²) >= 11 is 1.49. The van der Waals surface area contributed by atoms with Crippen molar-refractivity contribution < 1.29 is 13.9 Å². The molecule has 0 bridgehead atoms. The van der Waals surface area contributed by atoms with Gasteiger partial charge in [0.05, 0.1) is 13.0 Å². The molecule has 1 heterocycles. The van der Waals surface area contributed by atoms with E-state index in [4.69, 9.17) is 4.74 Å². The third kappa shape index (κ3) is 4.04. The summed E-state index contributed by atoms with van der Waals surface area (Å²) in [6, 6.07) is 6.62. The quantitative estimate of drug-likeness (QED) is 0.851. The molecule has 1 N–H and O–H groups in total. The van der Waals surface area contributed by atoms with Crippen LogP contribution in [0.5, 0.6) is 0 Å². The zero-order chi connectivity index (χ0) is 16.2. The van der Waals surface area contributed by atoms with Crippen molar-refractivity contribution in [2.75, 3.05) is 12.4 Å². The second kappa shape index (κ2) is 7.04. The van der Waals surface area contributed by atoms with Crippen molar-refractivity contribution in [2.45, 2.75) is 31.7 Å². The molecule has 1 aromatic carbocycles. The predicted octanol–water partition coefficient (Wildman–Crippen LogP) is 3.02. The molecule has 3 rings (SSSR count). The van der Waals surface area contributed by atoms with E-state index in [-0.39, 0.29) is 23.7 Å². The first-order valence-electron chi connectivity index (χ1n) is 7.55. The number of aromatic nitrogens is 2. The Bertz CT molecular complexity index is 674. The molecule has 0 aliphatic heterocycles. The SMILES string of the molecule is COC(=O)[C@H]1CC[C@@H](Nc2nnc(Cc3ccc(F)cc3)s2)C1. The van der Waals surface area contributed by atoms with Gasteiger partial charge in [-0.3, -0.25) is 4.79 Å². The monoisotopic (exact) mass is 335 g/mol. The third-order valence-electron chi connectivity index (χ3n) is 4.03. The lowest BCUT2D eigenvalue weighted by Gasteiger charge is -2.10. The number of anilines is 1. The number of nitrogens with one attached hydrogen (secondary N) is 1. The van der Waals surface area contributed by atoms with Gasteiger partial charge in [0.1, 0.15) is 10.8 Å². The van der Waals surface area contributed by atoms with Gasteiger partial charge < -0.3 is 10.1 Å². The third-order valence-corrected chi connectivity index (χ3v) is 4.88. The van der Waals surface area contributed by atoms with Gasteiger partial charge in [0.2, 0.25) is 5.13 Å². The van der Waals surface area contributed by atoms with Crippen molar-refractivity contribution in [1.29, 1.82) is 0 Å². The Kier molecular flexibility index (Phi) is 4.85. The predicted molar refractivity (Wildman–Crippen MR) is 85.9 cm³/mol. The number of hydrogen-bond acceptors (Lipinski definition) is 6. The van der Waals surface area contributed by atoms with Crippen molar-refractivity contribution in [3.63, 3.8) is 0 Å². The Balaban J connectivity index is 1.55. The van der Waals surface area contributed by atoms with Gasteiger partial charge in [-0.05, 0) is 37.0 Å². The van der Waals surface area contributed by atoms with E-state index in [1.807, 2.05) is 0 Å². The number of halogens is 1. The van der Waals surface area contributed by atoms with Gasteiger partial charge in [-0.2, -0.15) is 0 Å². The van der Waals surface area contributed by atoms with Gasteiger partial charge in [0.15, 0.2) is 0 Å². The Morgan fingerprint density at radius 1 is 1.35 bits per heavy atom. The van der Waals surface area contributed by atoms with Crippen molar-refractivity contribution in [2.24, 2.45) is 5.92 Å². The maximum Gasteiger partial charge on any atom is 0.308 e. The molecule has 2 atom stereocenters. The number of benzene rings is 1. The van der Waals surface area contributed by atoms with Gasteiger partial charge in [0.25, 0.3) is 0 Å². The van der Waals surface area contributed by atoms with Crippen molar-refractivity contribution in [3.05, 3.63) is 40.7 Å². The normalized spacial score (nSPS) is 20.4. The molecule has 23 heavy (non-hydrogen) atoms. The number of nitrogens with zero attached hydrogens (tertiary/aromatic N) is 2. The van der Waals surface area contributed by atoms with E-state index in [2.05, 4.69) is 15.5 Å². The molecule has 122 valence electrons. The van der Waals surface area contributed by atoms with Crippen LogP contribution in [0.15, 0.2) is 24.3 Å². The van der Waals surface area contributed by atoms with Crippen LogP contribution in [-0.4, -0.2) is 29.3 Å². The molecule has 0 saturated heterocycles. The number of hydrogen-bond donors (Lipinski definition) is 1. The van der Waals surface area contributed by atoms with E-state index < -0.39 is 0 Å². The maximum atomic E-state index is 12.9. The number of ether oxygens (including phenoxy) is 1. The molecule has 1 aliphatic rings. The largest absolute Gasteiger partial charge is 0.469 e. The van der Waals surface area contributed by atoms with E-state index in [0.717, 1.165) is 35.0 Å². The molecule has 1 fully saturated rings. The zero-order valence-corrected chi connectivity index (χ0v) is 13.6. The minimum absolute atomic E-state index is 0.0240. The topological polar surface area (TPSA) is 64.1 Å². The van der Waals surface area contributed by atoms with E-state index in [1.165, 1.54) is 30.6 Å².